The highest BCUT2D eigenvalue weighted by atomic mass is 35.5. The molecular formula is C11H6ClF3N4O2. The fraction of sp³-hybridized carbons (Fsp3) is 0.0909. The second kappa shape index (κ2) is 5.52. The number of carboxylic acid groups (broad SMARTS) is 1. The average Bonchev–Trinajstić information content (AvgIpc) is 2.85. The highest BCUT2D eigenvalue weighted by Gasteiger charge is 2.38. The van der Waals surface area contributed by atoms with Crippen molar-refractivity contribution in [3.63, 3.8) is 0 Å². The van der Waals surface area contributed by atoms with Crippen LogP contribution in [0.15, 0.2) is 24.3 Å². The number of halogens is 4. The second-order valence-corrected chi connectivity index (χ2v) is 4.22. The van der Waals surface area contributed by atoms with Crippen molar-refractivity contribution in [2.75, 3.05) is 0 Å². The van der Waals surface area contributed by atoms with E-state index < -0.39 is 18.0 Å². The highest BCUT2D eigenvalue weighted by molar-refractivity contribution is 6.30. The average molecular weight is 319 g/mol. The number of aromatic nitrogens is 4. The van der Waals surface area contributed by atoms with E-state index in [1.165, 1.54) is 18.2 Å². The van der Waals surface area contributed by atoms with Gasteiger partial charge in [0.15, 0.2) is 0 Å². The summed E-state index contributed by atoms with van der Waals surface area (Å²) in [5.41, 5.74) is 0.0805. The molecule has 0 radical (unpaired) electrons. The maximum atomic E-state index is 12.8. The molecule has 110 valence electrons. The summed E-state index contributed by atoms with van der Waals surface area (Å²) < 4.78 is 38.8. The van der Waals surface area contributed by atoms with Gasteiger partial charge in [0.25, 0.3) is 5.82 Å². The first kappa shape index (κ1) is 15.0. The fourth-order valence-electron chi connectivity index (χ4n) is 1.54. The number of carbonyl (C=O) groups is 1. The van der Waals surface area contributed by atoms with Crippen molar-refractivity contribution < 1.29 is 23.1 Å². The molecule has 2 rings (SSSR count). The molecule has 1 aromatic heterocycles. The number of benzene rings is 1. The van der Waals surface area contributed by atoms with Crippen LogP contribution >= 0.6 is 11.6 Å². The quantitative estimate of drug-likeness (QED) is 0.879. The number of hydrogen-bond donors (Lipinski definition) is 1. The van der Waals surface area contributed by atoms with E-state index in [1.807, 2.05) is 0 Å². The van der Waals surface area contributed by atoms with Gasteiger partial charge in [-0.1, -0.05) is 11.6 Å². The Balaban J connectivity index is 2.60. The van der Waals surface area contributed by atoms with Gasteiger partial charge in [0, 0.05) is 16.7 Å². The van der Waals surface area contributed by atoms with Crippen LogP contribution in [0, 0.1) is 0 Å². The Bertz CT molecular complexity index is 712. The molecule has 6 nitrogen and oxygen atoms in total. The van der Waals surface area contributed by atoms with E-state index in [9.17, 15) is 18.0 Å². The molecule has 10 heteroatoms. The molecule has 2 aromatic rings. The summed E-state index contributed by atoms with van der Waals surface area (Å²) in [6.45, 7) is 0. The van der Waals surface area contributed by atoms with Gasteiger partial charge in [0.2, 0.25) is 0 Å². The second-order valence-electron chi connectivity index (χ2n) is 3.79. The van der Waals surface area contributed by atoms with Gasteiger partial charge in [-0.15, -0.1) is 5.10 Å². The molecule has 0 atom stereocenters. The number of aliphatic carboxylic acids is 1. The molecule has 0 aliphatic rings. The zero-order valence-corrected chi connectivity index (χ0v) is 10.8. The molecule has 0 bridgehead atoms. The van der Waals surface area contributed by atoms with Crippen LogP contribution in [0.25, 0.3) is 11.8 Å². The Morgan fingerprint density at radius 2 is 2.10 bits per heavy atom. The van der Waals surface area contributed by atoms with Gasteiger partial charge in [-0.3, -0.25) is 0 Å². The molecular weight excluding hydrogens is 313 g/mol. The molecule has 0 spiro atoms. The van der Waals surface area contributed by atoms with E-state index in [1.54, 1.807) is 0 Å². The van der Waals surface area contributed by atoms with E-state index in [0.717, 1.165) is 12.2 Å². The minimum absolute atomic E-state index is 0.0470. The largest absolute Gasteiger partial charge is 0.478 e. The van der Waals surface area contributed by atoms with Crippen LogP contribution in [0.1, 0.15) is 11.4 Å². The van der Waals surface area contributed by atoms with Crippen LogP contribution in [0.3, 0.4) is 0 Å². The lowest BCUT2D eigenvalue weighted by molar-refractivity contribution is -0.146. The molecule has 1 N–H and O–H groups in total. The van der Waals surface area contributed by atoms with E-state index >= 15 is 0 Å². The summed E-state index contributed by atoms with van der Waals surface area (Å²) in [4.78, 5) is 10.5. The maximum absolute atomic E-state index is 12.8. The SMILES string of the molecule is O=C(O)C=Cc1cc(Cl)ccc1-n1nnnc1C(F)(F)F. The number of rotatable bonds is 3. The van der Waals surface area contributed by atoms with Crippen LogP contribution in [0.2, 0.25) is 5.02 Å². The number of tetrazole rings is 1. The zero-order chi connectivity index (χ0) is 15.6. The molecule has 1 aromatic carbocycles. The predicted molar refractivity (Wildman–Crippen MR) is 65.8 cm³/mol. The minimum atomic E-state index is -4.75. The van der Waals surface area contributed by atoms with Crippen LogP contribution in [0.4, 0.5) is 13.2 Å². The van der Waals surface area contributed by atoms with Gasteiger partial charge in [0.1, 0.15) is 0 Å². The maximum Gasteiger partial charge on any atom is 0.453 e. The van der Waals surface area contributed by atoms with Gasteiger partial charge in [0.05, 0.1) is 5.69 Å². The van der Waals surface area contributed by atoms with Crippen LogP contribution < -0.4 is 0 Å². The zero-order valence-electron chi connectivity index (χ0n) is 10.0. The molecule has 0 saturated heterocycles. The fourth-order valence-corrected chi connectivity index (χ4v) is 1.72. The first-order valence-electron chi connectivity index (χ1n) is 5.35. The lowest BCUT2D eigenvalue weighted by Gasteiger charge is -2.10. The Labute approximate surface area is 120 Å². The van der Waals surface area contributed by atoms with Crippen LogP contribution in [-0.2, 0) is 11.0 Å². The first-order chi connectivity index (χ1) is 9.79. The lowest BCUT2D eigenvalue weighted by atomic mass is 10.1. The molecule has 0 aliphatic carbocycles. The van der Waals surface area contributed by atoms with Gasteiger partial charge in [-0.2, -0.15) is 17.9 Å². The smallest absolute Gasteiger partial charge is 0.453 e. The third kappa shape index (κ3) is 3.37. The third-order valence-electron chi connectivity index (χ3n) is 2.35. The van der Waals surface area contributed by atoms with Crippen LogP contribution in [-0.4, -0.2) is 31.3 Å². The monoisotopic (exact) mass is 318 g/mol. The van der Waals surface area contributed by atoms with Crippen molar-refractivity contribution in [1.29, 1.82) is 0 Å². The normalized spacial score (nSPS) is 12.0. The van der Waals surface area contributed by atoms with Gasteiger partial charge in [-0.05, 0) is 34.7 Å². The summed E-state index contributed by atoms with van der Waals surface area (Å²) in [7, 11) is 0. The Morgan fingerprint density at radius 3 is 2.71 bits per heavy atom. The van der Waals surface area contributed by atoms with Gasteiger partial charge in [-0.25, -0.2) is 4.79 Å². The number of nitrogens with zero attached hydrogens (tertiary/aromatic N) is 4. The Morgan fingerprint density at radius 1 is 1.38 bits per heavy atom. The topological polar surface area (TPSA) is 80.9 Å². The molecule has 0 amide bonds. The van der Waals surface area contributed by atoms with Crippen molar-refractivity contribution in [2.45, 2.75) is 6.18 Å². The first-order valence-corrected chi connectivity index (χ1v) is 5.73. The van der Waals surface area contributed by atoms with Crippen LogP contribution in [0.5, 0.6) is 0 Å². The van der Waals surface area contributed by atoms with E-state index in [0.29, 0.717) is 4.68 Å². The third-order valence-corrected chi connectivity index (χ3v) is 2.58. The number of hydrogen-bond acceptors (Lipinski definition) is 4. The highest BCUT2D eigenvalue weighted by Crippen LogP contribution is 2.30. The summed E-state index contributed by atoms with van der Waals surface area (Å²) in [5.74, 6) is -2.58. The molecule has 0 unspecified atom stereocenters. The molecule has 21 heavy (non-hydrogen) atoms. The number of alkyl halides is 3. The summed E-state index contributed by atoms with van der Waals surface area (Å²) in [6.07, 6.45) is -2.88. The molecule has 0 saturated carbocycles. The summed E-state index contributed by atoms with van der Waals surface area (Å²) in [6, 6.07) is 3.91. The van der Waals surface area contributed by atoms with Crippen molar-refractivity contribution in [3.8, 4) is 5.69 Å². The predicted octanol–water partition coefficient (Wildman–Crippen LogP) is 2.43. The van der Waals surface area contributed by atoms with E-state index in [-0.39, 0.29) is 16.3 Å². The standard InChI is InChI=1S/C11H6ClF3N4O2/c12-7-2-3-8(6(5-7)1-4-9(20)21)19-10(11(13,14)15)16-17-18-19/h1-5H,(H,20,21). The van der Waals surface area contributed by atoms with Crippen molar-refractivity contribution >= 4 is 23.6 Å². The van der Waals surface area contributed by atoms with E-state index in [2.05, 4.69) is 15.5 Å². The lowest BCUT2D eigenvalue weighted by Crippen LogP contribution is -2.15. The molecule has 1 heterocycles. The molecule has 0 aliphatic heterocycles. The van der Waals surface area contributed by atoms with E-state index in [4.69, 9.17) is 16.7 Å². The van der Waals surface area contributed by atoms with Gasteiger partial charge >= 0.3 is 12.1 Å². The summed E-state index contributed by atoms with van der Waals surface area (Å²) >= 11 is 5.76. The minimum Gasteiger partial charge on any atom is -0.478 e. The Kier molecular flexibility index (Phi) is 3.94. The van der Waals surface area contributed by atoms with Gasteiger partial charge < -0.3 is 5.11 Å². The Hall–Kier alpha value is -2.42. The number of carboxylic acids is 1. The molecule has 0 fully saturated rings. The summed E-state index contributed by atoms with van der Waals surface area (Å²) in [5, 5.41) is 18.0. The van der Waals surface area contributed by atoms with Crippen molar-refractivity contribution in [2.24, 2.45) is 0 Å². The van der Waals surface area contributed by atoms with Crippen molar-refractivity contribution in [1.82, 2.24) is 20.2 Å². The van der Waals surface area contributed by atoms with Crippen molar-refractivity contribution in [3.05, 3.63) is 40.7 Å².